The van der Waals surface area contributed by atoms with Gasteiger partial charge in [0.05, 0.1) is 6.61 Å². The van der Waals surface area contributed by atoms with E-state index in [1.807, 2.05) is 0 Å². The molecule has 3 aliphatic rings. The van der Waals surface area contributed by atoms with E-state index in [2.05, 4.69) is 29.0 Å². The number of guanidine groups is 1. The molecule has 0 aliphatic carbocycles. The zero-order chi connectivity index (χ0) is 15.4. The molecule has 5 nitrogen and oxygen atoms in total. The van der Waals surface area contributed by atoms with Gasteiger partial charge in [0.25, 0.3) is 0 Å². The van der Waals surface area contributed by atoms with E-state index in [9.17, 15) is 0 Å². The first-order valence-corrected chi connectivity index (χ1v) is 9.08. The molecule has 5 heteroatoms. The van der Waals surface area contributed by atoms with Crippen LogP contribution in [0.25, 0.3) is 0 Å². The van der Waals surface area contributed by atoms with Crippen LogP contribution in [-0.2, 0) is 4.74 Å². The maximum atomic E-state index is 5.64. The molecule has 0 aromatic carbocycles. The Morgan fingerprint density at radius 1 is 1.32 bits per heavy atom. The highest BCUT2D eigenvalue weighted by Gasteiger charge is 2.42. The van der Waals surface area contributed by atoms with E-state index in [-0.39, 0.29) is 0 Å². The van der Waals surface area contributed by atoms with Crippen molar-refractivity contribution >= 4 is 5.96 Å². The Hall–Kier alpha value is -0.810. The Morgan fingerprint density at radius 2 is 2.23 bits per heavy atom. The van der Waals surface area contributed by atoms with Crippen LogP contribution in [0, 0.1) is 11.3 Å². The minimum atomic E-state index is 0.405. The molecule has 0 aromatic rings. The Labute approximate surface area is 135 Å². The number of hydrogen-bond acceptors (Lipinski definition) is 3. The van der Waals surface area contributed by atoms with Crippen LogP contribution in [0.15, 0.2) is 4.99 Å². The standard InChI is InChI=1S/C17H32N4O/c1-3-18-16(19-11-15-5-8-20(4-2)12-15)21-9-6-17(13-21)7-10-22-14-17/h15H,3-14H2,1-2H3,(H,18,19). The van der Waals surface area contributed by atoms with Gasteiger partial charge in [-0.3, -0.25) is 4.99 Å². The predicted molar refractivity (Wildman–Crippen MR) is 90.3 cm³/mol. The Bertz CT molecular complexity index is 392. The average molecular weight is 308 g/mol. The fourth-order valence-corrected chi connectivity index (χ4v) is 4.08. The molecule has 126 valence electrons. The molecule has 0 bridgehead atoms. The third kappa shape index (κ3) is 3.57. The van der Waals surface area contributed by atoms with E-state index >= 15 is 0 Å². The second kappa shape index (κ2) is 7.18. The van der Waals surface area contributed by atoms with Crippen LogP contribution < -0.4 is 5.32 Å². The number of nitrogens with zero attached hydrogens (tertiary/aromatic N) is 3. The molecule has 0 aromatic heterocycles. The zero-order valence-corrected chi connectivity index (χ0v) is 14.3. The maximum Gasteiger partial charge on any atom is 0.193 e. The van der Waals surface area contributed by atoms with E-state index in [4.69, 9.17) is 9.73 Å². The van der Waals surface area contributed by atoms with E-state index in [0.29, 0.717) is 5.41 Å². The van der Waals surface area contributed by atoms with Gasteiger partial charge in [-0.25, -0.2) is 0 Å². The van der Waals surface area contributed by atoms with Gasteiger partial charge in [0.15, 0.2) is 5.96 Å². The van der Waals surface area contributed by atoms with E-state index in [1.54, 1.807) is 0 Å². The number of hydrogen-bond donors (Lipinski definition) is 1. The van der Waals surface area contributed by atoms with Crippen LogP contribution in [-0.4, -0.2) is 74.8 Å². The SMILES string of the molecule is CCNC(=NCC1CCN(CC)C1)N1CCC2(CCOC2)C1. The molecule has 3 fully saturated rings. The summed E-state index contributed by atoms with van der Waals surface area (Å²) in [5.41, 5.74) is 0.405. The number of rotatable bonds is 4. The predicted octanol–water partition coefficient (Wildman–Crippen LogP) is 1.41. The van der Waals surface area contributed by atoms with Crippen molar-refractivity contribution in [2.45, 2.75) is 33.1 Å². The Balaban J connectivity index is 1.57. The molecule has 3 heterocycles. The highest BCUT2D eigenvalue weighted by atomic mass is 16.5. The largest absolute Gasteiger partial charge is 0.381 e. The number of nitrogens with one attached hydrogen (secondary N) is 1. The highest BCUT2D eigenvalue weighted by Crippen LogP contribution is 2.38. The summed E-state index contributed by atoms with van der Waals surface area (Å²) in [4.78, 5) is 9.96. The van der Waals surface area contributed by atoms with Gasteiger partial charge in [0.1, 0.15) is 0 Å². The van der Waals surface area contributed by atoms with Crippen LogP contribution >= 0.6 is 0 Å². The van der Waals surface area contributed by atoms with Gasteiger partial charge in [0, 0.05) is 44.7 Å². The van der Waals surface area contributed by atoms with Crippen LogP contribution in [0.1, 0.15) is 33.1 Å². The highest BCUT2D eigenvalue weighted by molar-refractivity contribution is 5.80. The molecule has 3 aliphatic heterocycles. The lowest BCUT2D eigenvalue weighted by molar-refractivity contribution is 0.156. The molecule has 0 amide bonds. The lowest BCUT2D eigenvalue weighted by Gasteiger charge is -2.25. The van der Waals surface area contributed by atoms with Crippen molar-refractivity contribution in [2.75, 3.05) is 59.0 Å². The summed E-state index contributed by atoms with van der Waals surface area (Å²) >= 11 is 0. The van der Waals surface area contributed by atoms with Crippen molar-refractivity contribution in [3.8, 4) is 0 Å². The van der Waals surface area contributed by atoms with Crippen LogP contribution in [0.4, 0.5) is 0 Å². The smallest absolute Gasteiger partial charge is 0.193 e. The first-order valence-electron chi connectivity index (χ1n) is 9.08. The lowest BCUT2D eigenvalue weighted by atomic mass is 9.87. The van der Waals surface area contributed by atoms with Gasteiger partial charge in [-0.1, -0.05) is 6.92 Å². The molecule has 2 atom stereocenters. The third-order valence-electron chi connectivity index (χ3n) is 5.57. The second-order valence-corrected chi connectivity index (χ2v) is 7.22. The topological polar surface area (TPSA) is 40.1 Å². The molecule has 3 saturated heterocycles. The average Bonchev–Trinajstić information content (AvgIpc) is 3.26. The fourth-order valence-electron chi connectivity index (χ4n) is 4.08. The fraction of sp³-hybridized carbons (Fsp3) is 0.941. The summed E-state index contributed by atoms with van der Waals surface area (Å²) in [5, 5.41) is 3.50. The summed E-state index contributed by atoms with van der Waals surface area (Å²) in [6, 6.07) is 0. The first-order chi connectivity index (χ1) is 10.7. The first kappa shape index (κ1) is 16.1. The maximum absolute atomic E-state index is 5.64. The molecule has 2 unspecified atom stereocenters. The summed E-state index contributed by atoms with van der Waals surface area (Å²) in [6.45, 7) is 14.1. The van der Waals surface area contributed by atoms with Crippen molar-refractivity contribution in [2.24, 2.45) is 16.3 Å². The van der Waals surface area contributed by atoms with Crippen LogP contribution in [0.5, 0.6) is 0 Å². The summed E-state index contributed by atoms with van der Waals surface area (Å²) in [6.07, 6.45) is 3.77. The molecule has 3 rings (SSSR count). The molecule has 0 saturated carbocycles. The Morgan fingerprint density at radius 3 is 2.91 bits per heavy atom. The van der Waals surface area contributed by atoms with Crippen molar-refractivity contribution in [1.82, 2.24) is 15.1 Å². The van der Waals surface area contributed by atoms with Gasteiger partial charge < -0.3 is 19.9 Å². The van der Waals surface area contributed by atoms with E-state index in [0.717, 1.165) is 51.3 Å². The summed E-state index contributed by atoms with van der Waals surface area (Å²) in [5.74, 6) is 1.86. The minimum Gasteiger partial charge on any atom is -0.381 e. The van der Waals surface area contributed by atoms with Gasteiger partial charge in [-0.15, -0.1) is 0 Å². The van der Waals surface area contributed by atoms with Gasteiger partial charge in [-0.2, -0.15) is 0 Å². The monoisotopic (exact) mass is 308 g/mol. The van der Waals surface area contributed by atoms with Crippen LogP contribution in [0.3, 0.4) is 0 Å². The van der Waals surface area contributed by atoms with Crippen molar-refractivity contribution < 1.29 is 4.74 Å². The van der Waals surface area contributed by atoms with Gasteiger partial charge in [-0.05, 0) is 45.2 Å². The zero-order valence-electron chi connectivity index (χ0n) is 14.3. The molecule has 1 N–H and O–H groups in total. The van der Waals surface area contributed by atoms with Crippen LogP contribution in [0.2, 0.25) is 0 Å². The summed E-state index contributed by atoms with van der Waals surface area (Å²) < 4.78 is 5.64. The molecular weight excluding hydrogens is 276 g/mol. The van der Waals surface area contributed by atoms with Gasteiger partial charge in [0.2, 0.25) is 0 Å². The normalized spacial score (nSPS) is 33.3. The lowest BCUT2D eigenvalue weighted by Crippen LogP contribution is -2.41. The summed E-state index contributed by atoms with van der Waals surface area (Å²) in [7, 11) is 0. The van der Waals surface area contributed by atoms with Crippen molar-refractivity contribution in [3.05, 3.63) is 0 Å². The van der Waals surface area contributed by atoms with E-state index < -0.39 is 0 Å². The Kier molecular flexibility index (Phi) is 5.24. The quantitative estimate of drug-likeness (QED) is 0.630. The molecule has 1 spiro atoms. The minimum absolute atomic E-state index is 0.405. The van der Waals surface area contributed by atoms with E-state index in [1.165, 1.54) is 38.9 Å². The second-order valence-electron chi connectivity index (χ2n) is 7.22. The number of likely N-dealkylation sites (tertiary alicyclic amines) is 2. The molecule has 22 heavy (non-hydrogen) atoms. The number of ether oxygens (including phenoxy) is 1. The molecule has 0 radical (unpaired) electrons. The van der Waals surface area contributed by atoms with Crippen molar-refractivity contribution in [3.63, 3.8) is 0 Å². The van der Waals surface area contributed by atoms with Crippen molar-refractivity contribution in [1.29, 1.82) is 0 Å². The van der Waals surface area contributed by atoms with Gasteiger partial charge >= 0.3 is 0 Å². The number of aliphatic imine (C=N–C) groups is 1. The molecular formula is C17H32N4O. The third-order valence-corrected chi connectivity index (χ3v) is 5.57.